The molecule has 2 aromatic carbocycles. The van der Waals surface area contributed by atoms with Crippen LogP contribution in [-0.4, -0.2) is 18.8 Å². The lowest BCUT2D eigenvalue weighted by atomic mass is 9.96. The molecule has 1 heterocycles. The fourth-order valence-electron chi connectivity index (χ4n) is 2.42. The second kappa shape index (κ2) is 5.79. The van der Waals surface area contributed by atoms with Crippen LogP contribution < -0.4 is 0 Å². The van der Waals surface area contributed by atoms with Crippen LogP contribution in [0.15, 0.2) is 59.8 Å². The Morgan fingerprint density at radius 3 is 2.62 bits per heavy atom. The molecule has 0 saturated carbocycles. The Kier molecular flexibility index (Phi) is 3.69. The molecule has 1 unspecified atom stereocenters. The number of oxime groups is 1. The first-order chi connectivity index (χ1) is 10.3. The normalized spacial score (nSPS) is 17.0. The minimum Gasteiger partial charge on any atom is -0.465 e. The Morgan fingerprint density at radius 1 is 1.14 bits per heavy atom. The van der Waals surface area contributed by atoms with E-state index in [1.54, 1.807) is 6.07 Å². The maximum atomic E-state index is 11.8. The molecule has 0 radical (unpaired) electrons. The van der Waals surface area contributed by atoms with Gasteiger partial charge >= 0.3 is 5.97 Å². The molecule has 1 aliphatic heterocycles. The van der Waals surface area contributed by atoms with Crippen LogP contribution in [0.2, 0.25) is 0 Å². The number of carbonyl (C=O) groups excluding carboxylic acids is 1. The summed E-state index contributed by atoms with van der Waals surface area (Å²) in [4.78, 5) is 17.3. The second-order valence-electron chi connectivity index (χ2n) is 4.78. The van der Waals surface area contributed by atoms with Crippen molar-refractivity contribution in [3.05, 3.63) is 71.3 Å². The monoisotopic (exact) mass is 281 g/mol. The highest BCUT2D eigenvalue weighted by atomic mass is 16.6. The topological polar surface area (TPSA) is 47.9 Å². The summed E-state index contributed by atoms with van der Waals surface area (Å²) in [5.74, 6) is -0.359. The molecule has 0 saturated heterocycles. The average Bonchev–Trinajstić information content (AvgIpc) is 3.05. The number of hydrogen-bond donors (Lipinski definition) is 0. The number of benzene rings is 2. The fraction of sp³-hybridized carbons (Fsp3) is 0.176. The van der Waals surface area contributed by atoms with Crippen molar-refractivity contribution in [3.63, 3.8) is 0 Å². The van der Waals surface area contributed by atoms with E-state index in [0.717, 1.165) is 16.8 Å². The number of esters is 1. The molecule has 0 N–H and O–H groups in total. The maximum Gasteiger partial charge on any atom is 0.338 e. The van der Waals surface area contributed by atoms with Gasteiger partial charge in [0.1, 0.15) is 0 Å². The van der Waals surface area contributed by atoms with Gasteiger partial charge in [0, 0.05) is 12.0 Å². The SMILES string of the molecule is COC(=O)c1ccccc1C1CC(c2ccccc2)=NO1. The van der Waals surface area contributed by atoms with E-state index >= 15 is 0 Å². The Labute approximate surface area is 123 Å². The first-order valence-corrected chi connectivity index (χ1v) is 6.75. The van der Waals surface area contributed by atoms with Gasteiger partial charge in [-0.15, -0.1) is 0 Å². The summed E-state index contributed by atoms with van der Waals surface area (Å²) in [7, 11) is 1.38. The molecule has 21 heavy (non-hydrogen) atoms. The number of carbonyl (C=O) groups is 1. The van der Waals surface area contributed by atoms with Crippen LogP contribution >= 0.6 is 0 Å². The first kappa shape index (κ1) is 13.4. The summed E-state index contributed by atoms with van der Waals surface area (Å²) >= 11 is 0. The highest BCUT2D eigenvalue weighted by molar-refractivity contribution is 6.01. The quantitative estimate of drug-likeness (QED) is 0.811. The maximum absolute atomic E-state index is 11.8. The van der Waals surface area contributed by atoms with Gasteiger partial charge in [0.15, 0.2) is 6.10 Å². The molecular formula is C17H15NO3. The van der Waals surface area contributed by atoms with Gasteiger partial charge in [-0.3, -0.25) is 0 Å². The molecule has 0 fully saturated rings. The summed E-state index contributed by atoms with van der Waals surface area (Å²) in [6, 6.07) is 17.2. The Bertz CT molecular complexity index is 679. The smallest absolute Gasteiger partial charge is 0.338 e. The van der Waals surface area contributed by atoms with Crippen LogP contribution in [0, 0.1) is 0 Å². The zero-order chi connectivity index (χ0) is 14.7. The molecule has 0 spiro atoms. The van der Waals surface area contributed by atoms with E-state index in [9.17, 15) is 4.79 Å². The number of ether oxygens (including phenoxy) is 1. The Balaban J connectivity index is 1.84. The summed E-state index contributed by atoms with van der Waals surface area (Å²) in [5.41, 5.74) is 3.25. The molecule has 106 valence electrons. The molecule has 3 rings (SSSR count). The Morgan fingerprint density at radius 2 is 1.86 bits per heavy atom. The molecule has 0 aliphatic carbocycles. The standard InChI is InChI=1S/C17H15NO3/c1-20-17(19)14-10-6-5-9-13(14)16-11-15(18-21-16)12-7-3-2-4-8-12/h2-10,16H,11H2,1H3. The van der Waals surface area contributed by atoms with Crippen molar-refractivity contribution in [3.8, 4) is 0 Å². The van der Waals surface area contributed by atoms with Crippen molar-refractivity contribution in [2.24, 2.45) is 5.16 Å². The van der Waals surface area contributed by atoms with Gasteiger partial charge in [-0.25, -0.2) is 4.79 Å². The van der Waals surface area contributed by atoms with Gasteiger partial charge < -0.3 is 9.57 Å². The minimum atomic E-state index is -0.359. The van der Waals surface area contributed by atoms with Crippen LogP contribution in [0.3, 0.4) is 0 Å². The predicted octanol–water partition coefficient (Wildman–Crippen LogP) is 3.34. The molecule has 0 bridgehead atoms. The van der Waals surface area contributed by atoms with Crippen LogP contribution in [0.1, 0.15) is 34.0 Å². The Hall–Kier alpha value is -2.62. The van der Waals surface area contributed by atoms with Crippen molar-refractivity contribution in [2.45, 2.75) is 12.5 Å². The van der Waals surface area contributed by atoms with Crippen molar-refractivity contribution >= 4 is 11.7 Å². The molecule has 1 atom stereocenters. The molecule has 4 heteroatoms. The van der Waals surface area contributed by atoms with E-state index in [4.69, 9.17) is 9.57 Å². The molecule has 0 amide bonds. The first-order valence-electron chi connectivity index (χ1n) is 6.75. The molecule has 4 nitrogen and oxygen atoms in total. The molecule has 0 aromatic heterocycles. The van der Waals surface area contributed by atoms with E-state index in [0.29, 0.717) is 12.0 Å². The van der Waals surface area contributed by atoms with Crippen LogP contribution in [0.25, 0.3) is 0 Å². The number of methoxy groups -OCH3 is 1. The summed E-state index contributed by atoms with van der Waals surface area (Å²) in [6.45, 7) is 0. The van der Waals surface area contributed by atoms with Crippen LogP contribution in [-0.2, 0) is 9.57 Å². The minimum absolute atomic E-state index is 0.254. The molecular weight excluding hydrogens is 266 g/mol. The highest BCUT2D eigenvalue weighted by Crippen LogP contribution is 2.31. The third-order valence-electron chi connectivity index (χ3n) is 3.49. The number of rotatable bonds is 3. The molecule has 2 aromatic rings. The van der Waals surface area contributed by atoms with Gasteiger partial charge in [-0.2, -0.15) is 0 Å². The lowest BCUT2D eigenvalue weighted by Gasteiger charge is -2.12. The van der Waals surface area contributed by atoms with Gasteiger partial charge in [0.25, 0.3) is 0 Å². The van der Waals surface area contributed by atoms with Crippen LogP contribution in [0.4, 0.5) is 0 Å². The third kappa shape index (κ3) is 2.65. The van der Waals surface area contributed by atoms with E-state index in [1.165, 1.54) is 7.11 Å². The zero-order valence-electron chi connectivity index (χ0n) is 11.7. The van der Waals surface area contributed by atoms with Crippen molar-refractivity contribution < 1.29 is 14.4 Å². The third-order valence-corrected chi connectivity index (χ3v) is 3.49. The lowest BCUT2D eigenvalue weighted by Crippen LogP contribution is -2.10. The highest BCUT2D eigenvalue weighted by Gasteiger charge is 2.27. The van der Waals surface area contributed by atoms with E-state index in [1.807, 2.05) is 48.5 Å². The van der Waals surface area contributed by atoms with E-state index < -0.39 is 0 Å². The van der Waals surface area contributed by atoms with Crippen LogP contribution in [0.5, 0.6) is 0 Å². The average molecular weight is 281 g/mol. The van der Waals surface area contributed by atoms with E-state index in [-0.39, 0.29) is 12.1 Å². The fourth-order valence-corrected chi connectivity index (χ4v) is 2.42. The predicted molar refractivity (Wildman–Crippen MR) is 79.2 cm³/mol. The lowest BCUT2D eigenvalue weighted by molar-refractivity contribution is 0.0577. The number of nitrogens with zero attached hydrogens (tertiary/aromatic N) is 1. The zero-order valence-corrected chi connectivity index (χ0v) is 11.7. The van der Waals surface area contributed by atoms with Crippen molar-refractivity contribution in [1.82, 2.24) is 0 Å². The van der Waals surface area contributed by atoms with Gasteiger partial charge in [-0.05, 0) is 11.6 Å². The number of hydrogen-bond acceptors (Lipinski definition) is 4. The summed E-state index contributed by atoms with van der Waals surface area (Å²) < 4.78 is 4.82. The van der Waals surface area contributed by atoms with Gasteiger partial charge in [0.2, 0.25) is 0 Å². The largest absolute Gasteiger partial charge is 0.465 e. The van der Waals surface area contributed by atoms with Gasteiger partial charge in [-0.1, -0.05) is 53.7 Å². The van der Waals surface area contributed by atoms with Crippen molar-refractivity contribution in [1.29, 1.82) is 0 Å². The van der Waals surface area contributed by atoms with Gasteiger partial charge in [0.05, 0.1) is 18.4 Å². The summed E-state index contributed by atoms with van der Waals surface area (Å²) in [5, 5.41) is 4.15. The second-order valence-corrected chi connectivity index (χ2v) is 4.78. The molecule has 1 aliphatic rings. The van der Waals surface area contributed by atoms with Crippen molar-refractivity contribution in [2.75, 3.05) is 7.11 Å². The van der Waals surface area contributed by atoms with E-state index in [2.05, 4.69) is 5.16 Å². The summed E-state index contributed by atoms with van der Waals surface area (Å²) in [6.07, 6.45) is 0.383.